The van der Waals surface area contributed by atoms with Crippen molar-refractivity contribution in [2.45, 2.75) is 31.7 Å². The van der Waals surface area contributed by atoms with Gasteiger partial charge in [0.05, 0.1) is 5.54 Å². The third-order valence-electron chi connectivity index (χ3n) is 3.52. The van der Waals surface area contributed by atoms with Crippen LogP contribution >= 0.6 is 11.3 Å². The summed E-state index contributed by atoms with van der Waals surface area (Å²) < 4.78 is 0. The van der Waals surface area contributed by atoms with Crippen LogP contribution in [0.15, 0.2) is 29.6 Å². The summed E-state index contributed by atoms with van der Waals surface area (Å²) >= 11 is 1.68. The third-order valence-corrected chi connectivity index (χ3v) is 4.65. The molecule has 1 aromatic heterocycles. The predicted molar refractivity (Wildman–Crippen MR) is 71.2 cm³/mol. The normalized spacial score (nSPS) is 23.4. The molecule has 17 heavy (non-hydrogen) atoms. The lowest BCUT2D eigenvalue weighted by atomic mass is 9.77. The maximum Gasteiger partial charge on any atom is 0.117 e. The van der Waals surface area contributed by atoms with Crippen LogP contribution in [-0.2, 0) is 12.0 Å². The van der Waals surface area contributed by atoms with Crippen LogP contribution in [0.2, 0.25) is 0 Å². The standard InChI is InChI=1S/C14H16N2S/c1-10-9-17-13(16-10)14(15)8-4-6-11-5-2-3-7-12(11)14/h2-3,5,7,9H,4,6,8,15H2,1H3. The van der Waals surface area contributed by atoms with Gasteiger partial charge in [-0.05, 0) is 37.3 Å². The Morgan fingerprint density at radius 2 is 2.18 bits per heavy atom. The van der Waals surface area contributed by atoms with Crippen LogP contribution < -0.4 is 5.73 Å². The minimum atomic E-state index is -0.367. The number of nitrogens with two attached hydrogens (primary N) is 1. The Bertz CT molecular complexity index is 547. The van der Waals surface area contributed by atoms with Crippen LogP contribution in [0.25, 0.3) is 0 Å². The smallest absolute Gasteiger partial charge is 0.117 e. The quantitative estimate of drug-likeness (QED) is 0.837. The molecule has 88 valence electrons. The molecule has 2 nitrogen and oxygen atoms in total. The second-order valence-corrected chi connectivity index (χ2v) is 5.63. The number of nitrogens with zero attached hydrogens (tertiary/aromatic N) is 1. The van der Waals surface area contributed by atoms with Crippen molar-refractivity contribution in [2.75, 3.05) is 0 Å². The molecule has 3 rings (SSSR count). The molecule has 1 unspecified atom stereocenters. The molecule has 1 atom stereocenters. The highest BCUT2D eigenvalue weighted by molar-refractivity contribution is 7.09. The number of hydrogen-bond acceptors (Lipinski definition) is 3. The summed E-state index contributed by atoms with van der Waals surface area (Å²) in [5, 5.41) is 3.14. The Morgan fingerprint density at radius 1 is 1.35 bits per heavy atom. The molecule has 0 radical (unpaired) electrons. The molecule has 0 aliphatic heterocycles. The number of fused-ring (bicyclic) bond motifs is 1. The SMILES string of the molecule is Cc1csc(C2(N)CCCc3ccccc32)n1. The summed E-state index contributed by atoms with van der Waals surface area (Å²) in [6.45, 7) is 2.03. The fourth-order valence-corrected chi connectivity index (χ4v) is 3.60. The van der Waals surface area contributed by atoms with Crippen LogP contribution in [0, 0.1) is 6.92 Å². The van der Waals surface area contributed by atoms with Gasteiger partial charge in [-0.2, -0.15) is 0 Å². The molecule has 0 saturated carbocycles. The van der Waals surface area contributed by atoms with Gasteiger partial charge in [0.1, 0.15) is 5.01 Å². The van der Waals surface area contributed by atoms with Gasteiger partial charge < -0.3 is 5.73 Å². The van der Waals surface area contributed by atoms with Crippen molar-refractivity contribution in [3.63, 3.8) is 0 Å². The average molecular weight is 244 g/mol. The van der Waals surface area contributed by atoms with E-state index in [9.17, 15) is 0 Å². The summed E-state index contributed by atoms with van der Waals surface area (Å²) in [7, 11) is 0. The Kier molecular flexibility index (Phi) is 2.53. The van der Waals surface area contributed by atoms with Crippen molar-refractivity contribution in [3.8, 4) is 0 Å². The zero-order valence-electron chi connectivity index (χ0n) is 9.94. The molecule has 1 heterocycles. The van der Waals surface area contributed by atoms with Gasteiger partial charge in [-0.15, -0.1) is 11.3 Å². The van der Waals surface area contributed by atoms with Gasteiger partial charge in [0.25, 0.3) is 0 Å². The molecule has 2 aromatic rings. The molecule has 0 amide bonds. The number of aromatic nitrogens is 1. The van der Waals surface area contributed by atoms with Crippen molar-refractivity contribution in [1.29, 1.82) is 0 Å². The molecule has 1 aliphatic rings. The first-order chi connectivity index (χ1) is 8.20. The van der Waals surface area contributed by atoms with E-state index in [4.69, 9.17) is 5.73 Å². The fraction of sp³-hybridized carbons (Fsp3) is 0.357. The highest BCUT2D eigenvalue weighted by Crippen LogP contribution is 2.39. The summed E-state index contributed by atoms with van der Waals surface area (Å²) in [6, 6.07) is 8.52. The van der Waals surface area contributed by atoms with E-state index in [1.54, 1.807) is 11.3 Å². The number of rotatable bonds is 1. The van der Waals surface area contributed by atoms with Gasteiger partial charge in [-0.3, -0.25) is 0 Å². The van der Waals surface area contributed by atoms with Gasteiger partial charge >= 0.3 is 0 Å². The zero-order chi connectivity index (χ0) is 11.9. The second-order valence-electron chi connectivity index (χ2n) is 4.78. The van der Waals surface area contributed by atoms with E-state index in [1.807, 2.05) is 6.92 Å². The first-order valence-electron chi connectivity index (χ1n) is 6.00. The van der Waals surface area contributed by atoms with Gasteiger partial charge in [0, 0.05) is 11.1 Å². The van der Waals surface area contributed by atoms with E-state index < -0.39 is 0 Å². The van der Waals surface area contributed by atoms with Crippen LogP contribution in [0.3, 0.4) is 0 Å². The van der Waals surface area contributed by atoms with E-state index in [2.05, 4.69) is 34.6 Å². The summed E-state index contributed by atoms with van der Waals surface area (Å²) in [5.41, 5.74) is 10.0. The predicted octanol–water partition coefficient (Wildman–Crippen LogP) is 2.99. The lowest BCUT2D eigenvalue weighted by Crippen LogP contribution is -2.41. The molecule has 1 aliphatic carbocycles. The zero-order valence-corrected chi connectivity index (χ0v) is 10.8. The minimum Gasteiger partial charge on any atom is -0.316 e. The molecule has 0 spiro atoms. The topological polar surface area (TPSA) is 38.9 Å². The maximum absolute atomic E-state index is 6.65. The minimum absolute atomic E-state index is 0.367. The van der Waals surface area contributed by atoms with Crippen LogP contribution in [0.4, 0.5) is 0 Å². The van der Waals surface area contributed by atoms with Crippen LogP contribution in [-0.4, -0.2) is 4.98 Å². The molecule has 0 fully saturated rings. The first kappa shape index (κ1) is 10.9. The molecule has 0 saturated heterocycles. The fourth-order valence-electron chi connectivity index (χ4n) is 2.65. The second kappa shape index (κ2) is 3.93. The summed E-state index contributed by atoms with van der Waals surface area (Å²) in [4.78, 5) is 4.60. The number of aryl methyl sites for hydroxylation is 2. The molecule has 3 heteroatoms. The Balaban J connectivity index is 2.15. The first-order valence-corrected chi connectivity index (χ1v) is 6.88. The monoisotopic (exact) mass is 244 g/mol. The van der Waals surface area contributed by atoms with E-state index in [1.165, 1.54) is 11.1 Å². The summed E-state index contributed by atoms with van der Waals surface area (Å²) in [5.74, 6) is 0. The third kappa shape index (κ3) is 1.70. The molecule has 1 aromatic carbocycles. The lowest BCUT2D eigenvalue weighted by molar-refractivity contribution is 0.440. The van der Waals surface area contributed by atoms with Gasteiger partial charge in [0.2, 0.25) is 0 Å². The summed E-state index contributed by atoms with van der Waals surface area (Å²) in [6.07, 6.45) is 3.28. The van der Waals surface area contributed by atoms with Crippen LogP contribution in [0.5, 0.6) is 0 Å². The van der Waals surface area contributed by atoms with Crippen molar-refractivity contribution in [1.82, 2.24) is 4.98 Å². The molecular weight excluding hydrogens is 228 g/mol. The number of benzene rings is 1. The van der Waals surface area contributed by atoms with Gasteiger partial charge in [-0.1, -0.05) is 24.3 Å². The highest BCUT2D eigenvalue weighted by Gasteiger charge is 2.36. The van der Waals surface area contributed by atoms with E-state index in [-0.39, 0.29) is 5.54 Å². The average Bonchev–Trinajstić information content (AvgIpc) is 2.77. The van der Waals surface area contributed by atoms with Crippen molar-refractivity contribution in [2.24, 2.45) is 5.73 Å². The lowest BCUT2D eigenvalue weighted by Gasteiger charge is -2.34. The highest BCUT2D eigenvalue weighted by atomic mass is 32.1. The Labute approximate surface area is 106 Å². The van der Waals surface area contributed by atoms with Crippen LogP contribution in [0.1, 0.15) is 34.7 Å². The molecule has 2 N–H and O–H groups in total. The van der Waals surface area contributed by atoms with E-state index >= 15 is 0 Å². The molecule has 0 bridgehead atoms. The van der Waals surface area contributed by atoms with Gasteiger partial charge in [-0.25, -0.2) is 4.98 Å². The van der Waals surface area contributed by atoms with Crippen molar-refractivity contribution >= 4 is 11.3 Å². The van der Waals surface area contributed by atoms with E-state index in [0.29, 0.717) is 0 Å². The molecular formula is C14H16N2S. The largest absolute Gasteiger partial charge is 0.316 e. The Morgan fingerprint density at radius 3 is 2.94 bits per heavy atom. The van der Waals surface area contributed by atoms with Gasteiger partial charge in [0.15, 0.2) is 0 Å². The Hall–Kier alpha value is -1.19. The maximum atomic E-state index is 6.65. The van der Waals surface area contributed by atoms with E-state index in [0.717, 1.165) is 30.0 Å². The van der Waals surface area contributed by atoms with Crippen molar-refractivity contribution in [3.05, 3.63) is 51.5 Å². The number of thiazole rings is 1. The number of hydrogen-bond donors (Lipinski definition) is 1. The van der Waals surface area contributed by atoms with Crippen molar-refractivity contribution < 1.29 is 0 Å².